The summed E-state index contributed by atoms with van der Waals surface area (Å²) in [5.74, 6) is -2.14. The summed E-state index contributed by atoms with van der Waals surface area (Å²) in [6, 6.07) is 12.1. The van der Waals surface area contributed by atoms with E-state index in [2.05, 4.69) is 10.1 Å². The number of rotatable bonds is 7. The lowest BCUT2D eigenvalue weighted by atomic mass is 9.77. The Morgan fingerprint density at radius 2 is 1.69 bits per heavy atom. The van der Waals surface area contributed by atoms with Crippen molar-refractivity contribution in [2.75, 3.05) is 6.54 Å². The van der Waals surface area contributed by atoms with Gasteiger partial charge in [-0.1, -0.05) is 42.5 Å². The van der Waals surface area contributed by atoms with Gasteiger partial charge in [-0.3, -0.25) is 0 Å². The van der Waals surface area contributed by atoms with Crippen LogP contribution >= 0.6 is 0 Å². The summed E-state index contributed by atoms with van der Waals surface area (Å²) in [5.41, 5.74) is 0.0481. The van der Waals surface area contributed by atoms with Crippen LogP contribution in [0.1, 0.15) is 38.8 Å². The first kappa shape index (κ1) is 26.6. The number of hydrogen-bond acceptors (Lipinski definition) is 5. The van der Waals surface area contributed by atoms with E-state index in [-0.39, 0.29) is 18.7 Å². The van der Waals surface area contributed by atoms with E-state index < -0.39 is 42.3 Å². The average molecular weight is 495 g/mol. The molecule has 1 saturated heterocycles. The predicted octanol–water partition coefficient (Wildman–Crippen LogP) is 5.67. The third kappa shape index (κ3) is 7.22. The zero-order valence-electron chi connectivity index (χ0n) is 19.7. The zero-order valence-corrected chi connectivity index (χ0v) is 19.7. The molecule has 0 spiro atoms. The Bertz CT molecular complexity index is 1060. The molecule has 0 saturated carbocycles. The van der Waals surface area contributed by atoms with Crippen molar-refractivity contribution in [3.63, 3.8) is 0 Å². The molecule has 2 aromatic carbocycles. The highest BCUT2D eigenvalue weighted by Gasteiger charge is 2.52. The zero-order chi connectivity index (χ0) is 25.9. The van der Waals surface area contributed by atoms with Gasteiger partial charge in [-0.05, 0) is 56.4 Å². The Kier molecular flexibility index (Phi) is 7.81. The lowest BCUT2D eigenvalue weighted by molar-refractivity contribution is -0.275. The van der Waals surface area contributed by atoms with Crippen LogP contribution in [0.2, 0.25) is 0 Å². The van der Waals surface area contributed by atoms with E-state index in [0.717, 1.165) is 17.7 Å². The predicted molar refractivity (Wildman–Crippen MR) is 122 cm³/mol. The van der Waals surface area contributed by atoms with Crippen LogP contribution < -0.4 is 10.1 Å². The quantitative estimate of drug-likeness (QED) is 0.397. The van der Waals surface area contributed by atoms with Gasteiger partial charge < -0.3 is 24.1 Å². The fraction of sp³-hybridized carbons (Fsp3) is 0.375. The van der Waals surface area contributed by atoms with Crippen LogP contribution in [0.3, 0.4) is 0 Å². The number of benzene rings is 2. The largest absolute Gasteiger partial charge is 0.573 e. The van der Waals surface area contributed by atoms with Crippen molar-refractivity contribution in [1.29, 1.82) is 0 Å². The van der Waals surface area contributed by atoms with Crippen LogP contribution in [0.25, 0.3) is 6.08 Å². The van der Waals surface area contributed by atoms with E-state index in [1.165, 1.54) is 12.1 Å². The molecule has 1 aliphatic rings. The number of carbonyl (C=O) groups is 1. The van der Waals surface area contributed by atoms with Crippen molar-refractivity contribution in [1.82, 2.24) is 5.32 Å². The molecular formula is C24H26BF4NO5. The maximum Gasteiger partial charge on any atom is 0.573 e. The summed E-state index contributed by atoms with van der Waals surface area (Å²) in [6.07, 6.45) is -4.24. The molecule has 1 N–H and O–H groups in total. The molecule has 0 bridgehead atoms. The Morgan fingerprint density at radius 3 is 2.26 bits per heavy atom. The van der Waals surface area contributed by atoms with Crippen molar-refractivity contribution >= 4 is 19.3 Å². The summed E-state index contributed by atoms with van der Waals surface area (Å²) in [7, 11) is -0.899. The van der Waals surface area contributed by atoms with E-state index in [9.17, 15) is 22.4 Å². The number of alkyl carbamates (subject to hydrolysis) is 1. The molecule has 11 heteroatoms. The number of alkyl halides is 3. The minimum atomic E-state index is -5.02. The summed E-state index contributed by atoms with van der Waals surface area (Å²) in [5, 5.41) is 2.61. The van der Waals surface area contributed by atoms with Crippen molar-refractivity contribution in [3.8, 4) is 5.75 Å². The number of nitrogens with one attached hydrogen (secondary N) is 1. The Balaban J connectivity index is 1.77. The van der Waals surface area contributed by atoms with Gasteiger partial charge in [0, 0.05) is 6.54 Å². The molecule has 3 rings (SSSR count). The van der Waals surface area contributed by atoms with Crippen molar-refractivity contribution in [3.05, 3.63) is 70.9 Å². The van der Waals surface area contributed by atoms with Gasteiger partial charge >= 0.3 is 19.6 Å². The summed E-state index contributed by atoms with van der Waals surface area (Å²) < 4.78 is 72.5. The number of halogens is 4. The number of hydrogen-bond donors (Lipinski definition) is 1. The maximum atomic E-state index is 14.2. The monoisotopic (exact) mass is 495 g/mol. The second kappa shape index (κ2) is 10.3. The van der Waals surface area contributed by atoms with Gasteiger partial charge in [0.05, 0.1) is 11.2 Å². The van der Waals surface area contributed by atoms with Gasteiger partial charge in [0.15, 0.2) is 11.6 Å². The van der Waals surface area contributed by atoms with E-state index >= 15 is 0 Å². The van der Waals surface area contributed by atoms with Crippen LogP contribution in [-0.4, -0.2) is 37.3 Å². The first-order valence-electron chi connectivity index (χ1n) is 10.8. The molecule has 1 aliphatic heterocycles. The lowest BCUT2D eigenvalue weighted by Gasteiger charge is -2.32. The van der Waals surface area contributed by atoms with Gasteiger partial charge in [-0.15, -0.1) is 13.2 Å². The SMILES string of the molecule is CC1(C)OB(C(=Cc2ccc(OC(F)(F)F)c(F)c2)CNC(=O)OCc2ccccc2)OC1(C)C. The number of carbonyl (C=O) groups excluding carboxylic acids is 1. The second-order valence-corrected chi connectivity index (χ2v) is 8.96. The first-order valence-corrected chi connectivity index (χ1v) is 10.8. The topological polar surface area (TPSA) is 66.0 Å². The second-order valence-electron chi connectivity index (χ2n) is 8.96. The van der Waals surface area contributed by atoms with Gasteiger partial charge in [0.25, 0.3) is 0 Å². The Labute approximate surface area is 201 Å². The molecular weight excluding hydrogens is 469 g/mol. The maximum absolute atomic E-state index is 14.2. The Morgan fingerprint density at radius 1 is 1.06 bits per heavy atom. The minimum Gasteiger partial charge on any atom is -0.445 e. The van der Waals surface area contributed by atoms with Crippen LogP contribution in [0, 0.1) is 5.82 Å². The van der Waals surface area contributed by atoms with Gasteiger partial charge in [0.1, 0.15) is 6.61 Å². The molecule has 0 atom stereocenters. The highest BCUT2D eigenvalue weighted by Crippen LogP contribution is 2.39. The normalized spacial score (nSPS) is 17.3. The van der Waals surface area contributed by atoms with Gasteiger partial charge in [-0.2, -0.15) is 0 Å². The lowest BCUT2D eigenvalue weighted by Crippen LogP contribution is -2.41. The molecule has 35 heavy (non-hydrogen) atoms. The number of ether oxygens (including phenoxy) is 2. The van der Waals surface area contributed by atoms with Crippen LogP contribution in [0.5, 0.6) is 5.75 Å². The molecule has 0 unspecified atom stereocenters. The molecule has 0 aromatic heterocycles. The summed E-state index contributed by atoms with van der Waals surface area (Å²) >= 11 is 0. The van der Waals surface area contributed by atoms with Crippen molar-refractivity contribution in [2.24, 2.45) is 0 Å². The smallest absolute Gasteiger partial charge is 0.445 e. The highest BCUT2D eigenvalue weighted by molar-refractivity contribution is 6.56. The van der Waals surface area contributed by atoms with Crippen LogP contribution in [-0.2, 0) is 20.7 Å². The van der Waals surface area contributed by atoms with E-state index in [4.69, 9.17) is 14.0 Å². The molecule has 6 nitrogen and oxygen atoms in total. The first-order chi connectivity index (χ1) is 16.3. The summed E-state index contributed by atoms with van der Waals surface area (Å²) in [4.78, 5) is 12.2. The van der Waals surface area contributed by atoms with Crippen molar-refractivity contribution < 1.29 is 41.1 Å². The van der Waals surface area contributed by atoms with Crippen LogP contribution in [0.15, 0.2) is 54.0 Å². The van der Waals surface area contributed by atoms with Gasteiger partial charge in [-0.25, -0.2) is 9.18 Å². The standard InChI is InChI=1S/C24H26BF4NO5/c1-22(2)23(3,4)35-25(34-22)18(14-30-21(31)32-15-16-8-6-5-7-9-16)12-17-10-11-20(19(26)13-17)33-24(27,28)29/h5-13H,14-15H2,1-4H3,(H,30,31). The molecule has 1 amide bonds. The molecule has 188 valence electrons. The Hall–Kier alpha value is -3.05. The van der Waals surface area contributed by atoms with Crippen molar-refractivity contribution in [2.45, 2.75) is 51.9 Å². The molecule has 0 radical (unpaired) electrons. The van der Waals surface area contributed by atoms with E-state index in [1.807, 2.05) is 58.0 Å². The molecule has 0 aliphatic carbocycles. The fourth-order valence-electron chi connectivity index (χ4n) is 3.17. The van der Waals surface area contributed by atoms with E-state index in [0.29, 0.717) is 5.47 Å². The fourth-order valence-corrected chi connectivity index (χ4v) is 3.17. The van der Waals surface area contributed by atoms with Gasteiger partial charge in [0.2, 0.25) is 0 Å². The molecule has 2 aromatic rings. The summed E-state index contributed by atoms with van der Waals surface area (Å²) in [6.45, 7) is 7.36. The molecule has 1 fully saturated rings. The number of amides is 1. The average Bonchev–Trinajstić information content (AvgIpc) is 2.98. The van der Waals surface area contributed by atoms with E-state index in [1.54, 1.807) is 0 Å². The van der Waals surface area contributed by atoms with Crippen LogP contribution in [0.4, 0.5) is 22.4 Å². The highest BCUT2D eigenvalue weighted by atomic mass is 19.4. The molecule has 1 heterocycles. The third-order valence-electron chi connectivity index (χ3n) is 5.74. The minimum absolute atomic E-state index is 0.0636. The third-order valence-corrected chi connectivity index (χ3v) is 5.74.